The number of carbonyl (C=O) groups excluding carboxylic acids is 2. The third-order valence-electron chi connectivity index (χ3n) is 5.40. The summed E-state index contributed by atoms with van der Waals surface area (Å²) in [5.41, 5.74) is 1.41. The Kier molecular flexibility index (Phi) is 2.39. The molecule has 4 aliphatic rings. The van der Waals surface area contributed by atoms with Crippen molar-refractivity contribution in [3.05, 3.63) is 35.6 Å². The first-order valence-corrected chi connectivity index (χ1v) is 7.54. The van der Waals surface area contributed by atoms with Gasteiger partial charge in [0, 0.05) is 12.6 Å². The maximum atomic E-state index is 13.1. The molecule has 3 saturated heterocycles. The van der Waals surface area contributed by atoms with Crippen molar-refractivity contribution in [1.82, 2.24) is 4.90 Å². The lowest BCUT2D eigenvalue weighted by atomic mass is 9.71. The Morgan fingerprint density at radius 1 is 1.00 bits per heavy atom. The van der Waals surface area contributed by atoms with E-state index in [1.54, 1.807) is 12.1 Å². The average Bonchev–Trinajstić information content (AvgIpc) is 3.26. The van der Waals surface area contributed by atoms with Gasteiger partial charge in [0.15, 0.2) is 6.10 Å². The number of oxime groups is 1. The van der Waals surface area contributed by atoms with Gasteiger partial charge in [0.2, 0.25) is 11.8 Å². The van der Waals surface area contributed by atoms with E-state index in [0.29, 0.717) is 5.71 Å². The number of hydrogen-bond donors (Lipinski definition) is 0. The molecule has 1 aromatic rings. The normalized spacial score (nSPS) is 40.3. The predicted molar refractivity (Wildman–Crippen MR) is 74.7 cm³/mol. The number of carbonyl (C=O) groups is 2. The highest BCUT2D eigenvalue weighted by Gasteiger charge is 2.71. The van der Waals surface area contributed by atoms with Gasteiger partial charge in [-0.15, -0.1) is 0 Å². The Morgan fingerprint density at radius 3 is 2.35 bits per heavy atom. The molecule has 0 radical (unpaired) electrons. The highest BCUT2D eigenvalue weighted by Crippen LogP contribution is 2.54. The van der Waals surface area contributed by atoms with Gasteiger partial charge < -0.3 is 9.57 Å². The van der Waals surface area contributed by atoms with Gasteiger partial charge in [-0.2, -0.15) is 0 Å². The van der Waals surface area contributed by atoms with E-state index in [4.69, 9.17) is 9.57 Å². The summed E-state index contributed by atoms with van der Waals surface area (Å²) in [7, 11) is 1.51. The molecule has 2 amide bonds. The van der Waals surface area contributed by atoms with Crippen LogP contribution in [-0.4, -0.2) is 47.8 Å². The molecular weight excluding hydrogens is 303 g/mol. The van der Waals surface area contributed by atoms with Crippen LogP contribution in [0.1, 0.15) is 5.56 Å². The van der Waals surface area contributed by atoms with E-state index in [9.17, 15) is 14.0 Å². The van der Waals surface area contributed by atoms with E-state index in [2.05, 4.69) is 5.16 Å². The number of rotatable bonds is 1. The minimum Gasteiger partial charge on any atom is -0.389 e. The maximum Gasteiger partial charge on any atom is 0.235 e. The lowest BCUT2D eigenvalue weighted by Gasteiger charge is -2.26. The monoisotopic (exact) mass is 316 g/mol. The number of fused-ring (bicyclic) bond motifs is 8. The van der Waals surface area contributed by atoms with Gasteiger partial charge in [-0.1, -0.05) is 17.3 Å². The SMILES string of the molecule is CN1C(=O)[C@@H]2[C@H]3O[C@@H]([C@@H]4C(c5ccc(F)cc5)=NO[C@H]34)[C@@H]2C1=O. The van der Waals surface area contributed by atoms with Crippen LogP contribution in [0.25, 0.3) is 0 Å². The first kappa shape index (κ1) is 13.2. The van der Waals surface area contributed by atoms with Crippen LogP contribution in [0, 0.1) is 23.6 Å². The summed E-state index contributed by atoms with van der Waals surface area (Å²) in [6.07, 6.45) is -1.22. The standard InChI is InChI=1S/C16H13FN2O4/c1-19-15(20)8-9(16(19)21)13-14-10(12(8)22-13)11(18-23-14)6-2-4-7(17)5-3-6/h2-5,8-10,12-14H,1H3/t8-,9+,10+,12-,13-,14+/m1/s1. The number of hydrogen-bond acceptors (Lipinski definition) is 5. The second kappa shape index (κ2) is 4.17. The summed E-state index contributed by atoms with van der Waals surface area (Å²) >= 11 is 0. The highest BCUT2D eigenvalue weighted by molar-refractivity contribution is 6.09. The molecule has 4 aliphatic heterocycles. The molecule has 0 N–H and O–H groups in total. The Balaban J connectivity index is 1.53. The fraction of sp³-hybridized carbons (Fsp3) is 0.438. The fourth-order valence-corrected chi connectivity index (χ4v) is 4.37. The topological polar surface area (TPSA) is 68.2 Å². The lowest BCUT2D eigenvalue weighted by molar-refractivity contribution is -0.141. The number of benzene rings is 1. The molecule has 0 aliphatic carbocycles. The van der Waals surface area contributed by atoms with Crippen molar-refractivity contribution < 1.29 is 23.6 Å². The molecule has 0 saturated carbocycles. The van der Waals surface area contributed by atoms with Crippen LogP contribution >= 0.6 is 0 Å². The molecule has 1 aromatic carbocycles. The molecule has 7 heteroatoms. The van der Waals surface area contributed by atoms with Crippen LogP contribution in [-0.2, 0) is 19.2 Å². The second-order valence-corrected chi connectivity index (χ2v) is 6.43. The zero-order chi connectivity index (χ0) is 15.9. The lowest BCUT2D eigenvalue weighted by Crippen LogP contribution is -2.45. The van der Waals surface area contributed by atoms with Crippen LogP contribution in [0.2, 0.25) is 0 Å². The molecule has 0 unspecified atom stereocenters. The number of ether oxygens (including phenoxy) is 1. The Morgan fingerprint density at radius 2 is 1.65 bits per heavy atom. The minimum absolute atomic E-state index is 0.198. The van der Waals surface area contributed by atoms with Crippen molar-refractivity contribution in [2.75, 3.05) is 7.05 Å². The number of imide groups is 1. The molecule has 5 rings (SSSR count). The second-order valence-electron chi connectivity index (χ2n) is 6.43. The van der Waals surface area contributed by atoms with Crippen LogP contribution in [0.5, 0.6) is 0 Å². The van der Waals surface area contributed by atoms with Crippen molar-refractivity contribution in [3.63, 3.8) is 0 Å². The van der Waals surface area contributed by atoms with Gasteiger partial charge in [0.25, 0.3) is 0 Å². The third kappa shape index (κ3) is 1.48. The van der Waals surface area contributed by atoms with E-state index < -0.39 is 24.0 Å². The first-order valence-electron chi connectivity index (χ1n) is 7.54. The van der Waals surface area contributed by atoms with Crippen molar-refractivity contribution in [2.45, 2.75) is 18.3 Å². The molecule has 2 bridgehead atoms. The minimum atomic E-state index is -0.471. The molecule has 118 valence electrons. The molecule has 6 nitrogen and oxygen atoms in total. The van der Waals surface area contributed by atoms with E-state index >= 15 is 0 Å². The summed E-state index contributed by atoms with van der Waals surface area (Å²) in [6.45, 7) is 0. The van der Waals surface area contributed by atoms with Gasteiger partial charge in [0.05, 0.1) is 29.6 Å². The van der Waals surface area contributed by atoms with Crippen molar-refractivity contribution in [1.29, 1.82) is 0 Å². The van der Waals surface area contributed by atoms with Gasteiger partial charge in [-0.05, 0) is 12.1 Å². The van der Waals surface area contributed by atoms with Gasteiger partial charge in [-0.3, -0.25) is 14.5 Å². The van der Waals surface area contributed by atoms with Crippen LogP contribution < -0.4 is 0 Å². The number of halogens is 1. The number of likely N-dealkylation sites (tertiary alicyclic amines) is 1. The zero-order valence-corrected chi connectivity index (χ0v) is 12.2. The van der Waals surface area contributed by atoms with Gasteiger partial charge in [-0.25, -0.2) is 4.39 Å². The molecule has 23 heavy (non-hydrogen) atoms. The molecule has 3 fully saturated rings. The first-order chi connectivity index (χ1) is 11.1. The van der Waals surface area contributed by atoms with Crippen LogP contribution in [0.15, 0.2) is 29.4 Å². The molecule has 0 aromatic heterocycles. The quantitative estimate of drug-likeness (QED) is 0.710. The Bertz CT molecular complexity index is 762. The van der Waals surface area contributed by atoms with Crippen molar-refractivity contribution >= 4 is 17.5 Å². The zero-order valence-electron chi connectivity index (χ0n) is 12.2. The average molecular weight is 316 g/mol. The summed E-state index contributed by atoms with van der Waals surface area (Å²) in [6, 6.07) is 5.99. The van der Waals surface area contributed by atoms with E-state index in [-0.39, 0.29) is 29.7 Å². The highest BCUT2D eigenvalue weighted by atomic mass is 19.1. The fourth-order valence-electron chi connectivity index (χ4n) is 4.37. The summed E-state index contributed by atoms with van der Waals surface area (Å²) in [4.78, 5) is 31.3. The van der Waals surface area contributed by atoms with Gasteiger partial charge >= 0.3 is 0 Å². The van der Waals surface area contributed by atoms with Crippen LogP contribution in [0.3, 0.4) is 0 Å². The summed E-state index contributed by atoms with van der Waals surface area (Å²) in [5.74, 6) is -1.86. The van der Waals surface area contributed by atoms with E-state index in [1.165, 1.54) is 24.1 Å². The van der Waals surface area contributed by atoms with E-state index in [1.807, 2.05) is 0 Å². The Labute approximate surface area is 130 Å². The third-order valence-corrected chi connectivity index (χ3v) is 5.40. The van der Waals surface area contributed by atoms with Crippen molar-refractivity contribution in [3.8, 4) is 0 Å². The smallest absolute Gasteiger partial charge is 0.235 e. The molecule has 4 heterocycles. The molecule has 0 spiro atoms. The number of amides is 2. The van der Waals surface area contributed by atoms with Gasteiger partial charge in [0.1, 0.15) is 11.9 Å². The molecule has 6 atom stereocenters. The van der Waals surface area contributed by atoms with E-state index in [0.717, 1.165) is 5.56 Å². The Hall–Kier alpha value is -2.28. The summed E-state index contributed by atoms with van der Waals surface area (Å²) in [5, 5.41) is 4.14. The largest absolute Gasteiger partial charge is 0.389 e. The molecular formula is C16H13FN2O4. The van der Waals surface area contributed by atoms with Crippen molar-refractivity contribution in [2.24, 2.45) is 22.9 Å². The van der Waals surface area contributed by atoms with Crippen LogP contribution in [0.4, 0.5) is 4.39 Å². The summed E-state index contributed by atoms with van der Waals surface area (Å²) < 4.78 is 19.0. The number of nitrogens with zero attached hydrogens (tertiary/aromatic N) is 2. The maximum absolute atomic E-state index is 13.1. The predicted octanol–water partition coefficient (Wildman–Crippen LogP) is 0.557.